The third-order valence-corrected chi connectivity index (χ3v) is 8.64. The van der Waals surface area contributed by atoms with E-state index in [9.17, 15) is 4.21 Å². The second-order valence-corrected chi connectivity index (χ2v) is 10.6. The molecule has 9 heteroatoms. The van der Waals surface area contributed by atoms with E-state index in [1.807, 2.05) is 25.1 Å². The molecule has 2 aliphatic rings. The minimum atomic E-state index is -2.31. The second kappa shape index (κ2) is 8.47. The molecular formula is C21H29N5O3S. The van der Waals surface area contributed by atoms with Gasteiger partial charge >= 0.3 is 0 Å². The highest BCUT2D eigenvalue weighted by Gasteiger charge is 2.33. The Morgan fingerprint density at radius 1 is 1.27 bits per heavy atom. The number of hydrogen-bond donors (Lipinski definition) is 0. The molecule has 162 valence electrons. The zero-order valence-corrected chi connectivity index (χ0v) is 18.8. The van der Waals surface area contributed by atoms with Gasteiger partial charge in [-0.1, -0.05) is 0 Å². The summed E-state index contributed by atoms with van der Waals surface area (Å²) in [6.07, 6.45) is 1.72. The minimum absolute atomic E-state index is 0.177. The number of aryl methyl sites for hydroxylation is 1. The average Bonchev–Trinajstić information content (AvgIpc) is 3.15. The summed E-state index contributed by atoms with van der Waals surface area (Å²) in [5.41, 5.74) is 2.46. The maximum Gasteiger partial charge on any atom is 0.213 e. The van der Waals surface area contributed by atoms with Gasteiger partial charge in [-0.2, -0.15) is 0 Å². The summed E-state index contributed by atoms with van der Waals surface area (Å²) in [7, 11) is 0.943. The predicted octanol–water partition coefficient (Wildman–Crippen LogP) is 3.01. The summed E-state index contributed by atoms with van der Waals surface area (Å²) < 4.78 is 28.6. The number of morpholine rings is 1. The third kappa shape index (κ3) is 4.00. The molecule has 0 amide bonds. The van der Waals surface area contributed by atoms with Gasteiger partial charge in [-0.3, -0.25) is 0 Å². The Balaban J connectivity index is 1.87. The lowest BCUT2D eigenvalue weighted by atomic mass is 10.1. The van der Waals surface area contributed by atoms with E-state index in [-0.39, 0.29) is 11.3 Å². The molecule has 2 unspecified atom stereocenters. The van der Waals surface area contributed by atoms with Crippen molar-refractivity contribution in [2.24, 2.45) is 4.36 Å². The van der Waals surface area contributed by atoms with Crippen molar-refractivity contribution >= 4 is 15.5 Å². The van der Waals surface area contributed by atoms with E-state index < -0.39 is 9.73 Å². The Labute approximate surface area is 178 Å². The first-order chi connectivity index (χ1) is 14.4. The molecule has 2 aromatic rings. The van der Waals surface area contributed by atoms with Gasteiger partial charge in [0, 0.05) is 42.7 Å². The number of aromatic nitrogens is 3. The monoisotopic (exact) mass is 431 g/mol. The SMILES string of the molecule is CN=S1(=O)CCCC1c1cc(N2CCOC[C@H]2C)nc(-c2cc(C)nc(OC)c2)n1. The molecule has 0 saturated carbocycles. The number of anilines is 1. The highest BCUT2D eigenvalue weighted by molar-refractivity contribution is 7.94. The minimum Gasteiger partial charge on any atom is -0.481 e. The van der Waals surface area contributed by atoms with Crippen molar-refractivity contribution in [3.63, 3.8) is 0 Å². The molecule has 0 radical (unpaired) electrons. The van der Waals surface area contributed by atoms with Crippen molar-refractivity contribution in [1.82, 2.24) is 15.0 Å². The van der Waals surface area contributed by atoms with Crippen molar-refractivity contribution in [2.75, 3.05) is 44.6 Å². The highest BCUT2D eigenvalue weighted by Crippen LogP contribution is 2.37. The lowest BCUT2D eigenvalue weighted by molar-refractivity contribution is 0.0985. The van der Waals surface area contributed by atoms with Gasteiger partial charge in [0.05, 0.1) is 47.0 Å². The Morgan fingerprint density at radius 3 is 2.83 bits per heavy atom. The maximum absolute atomic E-state index is 13.3. The van der Waals surface area contributed by atoms with Gasteiger partial charge < -0.3 is 14.4 Å². The van der Waals surface area contributed by atoms with Crippen molar-refractivity contribution in [2.45, 2.75) is 38.0 Å². The summed E-state index contributed by atoms with van der Waals surface area (Å²) in [5.74, 6) is 2.58. The van der Waals surface area contributed by atoms with Crippen molar-refractivity contribution in [1.29, 1.82) is 0 Å². The lowest BCUT2D eigenvalue weighted by Crippen LogP contribution is -2.44. The maximum atomic E-state index is 13.3. The number of nitrogens with zero attached hydrogens (tertiary/aromatic N) is 5. The average molecular weight is 432 g/mol. The largest absolute Gasteiger partial charge is 0.481 e. The zero-order chi connectivity index (χ0) is 21.3. The Hall–Kier alpha value is -2.26. The van der Waals surface area contributed by atoms with Crippen LogP contribution in [-0.4, -0.2) is 64.9 Å². The Bertz CT molecular complexity index is 1050. The van der Waals surface area contributed by atoms with Gasteiger partial charge in [-0.25, -0.2) is 23.5 Å². The summed E-state index contributed by atoms with van der Waals surface area (Å²) in [4.78, 5) is 16.4. The molecule has 0 bridgehead atoms. The molecule has 0 spiro atoms. The third-order valence-electron chi connectivity index (χ3n) is 5.78. The number of methoxy groups -OCH3 is 1. The van der Waals surface area contributed by atoms with Gasteiger partial charge in [-0.05, 0) is 32.8 Å². The molecule has 2 aliphatic heterocycles. The first-order valence-corrected chi connectivity index (χ1v) is 12.1. The number of pyridine rings is 1. The van der Waals surface area contributed by atoms with Crippen LogP contribution in [0, 0.1) is 6.92 Å². The van der Waals surface area contributed by atoms with E-state index in [0.29, 0.717) is 30.7 Å². The van der Waals surface area contributed by atoms with Crippen LogP contribution in [0.1, 0.15) is 36.4 Å². The van der Waals surface area contributed by atoms with E-state index in [1.165, 1.54) is 0 Å². The van der Waals surface area contributed by atoms with Crippen LogP contribution in [0.25, 0.3) is 11.4 Å². The quantitative estimate of drug-likeness (QED) is 0.735. The first-order valence-electron chi connectivity index (χ1n) is 10.3. The fourth-order valence-corrected chi connectivity index (χ4v) is 6.52. The molecule has 30 heavy (non-hydrogen) atoms. The molecule has 4 heterocycles. The zero-order valence-electron chi connectivity index (χ0n) is 18.0. The first kappa shape index (κ1) is 21.0. The Morgan fingerprint density at radius 2 is 2.10 bits per heavy atom. The van der Waals surface area contributed by atoms with Crippen LogP contribution in [0.4, 0.5) is 5.82 Å². The summed E-state index contributed by atoms with van der Waals surface area (Å²) in [6.45, 7) is 6.11. The molecule has 4 rings (SSSR count). The normalized spacial score (nSPS) is 26.6. The number of ether oxygens (including phenoxy) is 2. The molecule has 2 aromatic heterocycles. The van der Waals surface area contributed by atoms with E-state index in [4.69, 9.17) is 19.4 Å². The van der Waals surface area contributed by atoms with Gasteiger partial charge in [-0.15, -0.1) is 0 Å². The summed E-state index contributed by atoms with van der Waals surface area (Å²) in [5, 5.41) is -0.177. The molecule has 0 aromatic carbocycles. The Kier molecular flexibility index (Phi) is 5.92. The smallest absolute Gasteiger partial charge is 0.213 e. The van der Waals surface area contributed by atoms with Gasteiger partial charge in [0.2, 0.25) is 5.88 Å². The summed E-state index contributed by atoms with van der Waals surface area (Å²) in [6, 6.07) is 5.99. The topological polar surface area (TPSA) is 89.8 Å². The fraction of sp³-hybridized carbons (Fsp3) is 0.571. The van der Waals surface area contributed by atoms with Crippen LogP contribution in [0.2, 0.25) is 0 Å². The molecule has 2 fully saturated rings. The number of rotatable bonds is 4. The lowest BCUT2D eigenvalue weighted by Gasteiger charge is -2.34. The summed E-state index contributed by atoms with van der Waals surface area (Å²) >= 11 is 0. The van der Waals surface area contributed by atoms with E-state index in [1.54, 1.807) is 14.2 Å². The van der Waals surface area contributed by atoms with E-state index in [0.717, 1.165) is 42.2 Å². The van der Waals surface area contributed by atoms with E-state index >= 15 is 0 Å². The van der Waals surface area contributed by atoms with Crippen molar-refractivity contribution in [3.8, 4) is 17.3 Å². The molecule has 8 nitrogen and oxygen atoms in total. The van der Waals surface area contributed by atoms with E-state index in [2.05, 4.69) is 21.2 Å². The second-order valence-electron chi connectivity index (χ2n) is 7.84. The standard InChI is InChI=1S/C21H29N5O3S/c1-14-10-16(11-20(23-14)28-4)21-24-17(18-6-5-9-30(18,27)22-3)12-19(25-21)26-7-8-29-13-15(26)2/h10-12,15,18H,5-9,13H2,1-4H3/t15-,18?,30?/m1/s1. The van der Waals surface area contributed by atoms with Crippen LogP contribution < -0.4 is 9.64 Å². The predicted molar refractivity (Wildman–Crippen MR) is 118 cm³/mol. The highest BCUT2D eigenvalue weighted by atomic mass is 32.2. The molecule has 0 aliphatic carbocycles. The van der Waals surface area contributed by atoms with Crippen LogP contribution in [-0.2, 0) is 14.5 Å². The van der Waals surface area contributed by atoms with Crippen molar-refractivity contribution in [3.05, 3.63) is 29.6 Å². The molecular weight excluding hydrogens is 402 g/mol. The molecule has 0 N–H and O–H groups in total. The van der Waals surface area contributed by atoms with Crippen molar-refractivity contribution < 1.29 is 13.7 Å². The fourth-order valence-electron chi connectivity index (χ4n) is 4.19. The van der Waals surface area contributed by atoms with Crippen LogP contribution in [0.3, 0.4) is 0 Å². The van der Waals surface area contributed by atoms with Crippen LogP contribution in [0.5, 0.6) is 5.88 Å². The van der Waals surface area contributed by atoms with Crippen LogP contribution >= 0.6 is 0 Å². The van der Waals surface area contributed by atoms with Gasteiger partial charge in [0.25, 0.3) is 0 Å². The van der Waals surface area contributed by atoms with Gasteiger partial charge in [0.1, 0.15) is 5.82 Å². The molecule has 3 atom stereocenters. The number of hydrogen-bond acceptors (Lipinski definition) is 8. The van der Waals surface area contributed by atoms with Crippen LogP contribution in [0.15, 0.2) is 22.6 Å². The van der Waals surface area contributed by atoms with Gasteiger partial charge in [0.15, 0.2) is 5.82 Å². The molecule has 2 saturated heterocycles.